The molecule has 0 saturated carbocycles. The Morgan fingerprint density at radius 1 is 1.03 bits per heavy atom. The molecule has 0 aromatic heterocycles. The first kappa shape index (κ1) is 29.0. The Labute approximate surface area is 203 Å². The van der Waals surface area contributed by atoms with Gasteiger partial charge in [0, 0.05) is 31.2 Å². The summed E-state index contributed by atoms with van der Waals surface area (Å²) >= 11 is 0. The van der Waals surface area contributed by atoms with Gasteiger partial charge in [0.25, 0.3) is 0 Å². The van der Waals surface area contributed by atoms with Crippen molar-refractivity contribution in [3.63, 3.8) is 0 Å². The number of hydrogen-bond acceptors (Lipinski definition) is 4. The lowest BCUT2D eigenvalue weighted by molar-refractivity contribution is -0.118. The quantitative estimate of drug-likeness (QED) is 0.163. The molecule has 1 aromatic carbocycles. The van der Waals surface area contributed by atoms with Crippen molar-refractivity contribution >= 4 is 47.6 Å². The summed E-state index contributed by atoms with van der Waals surface area (Å²) in [7, 11) is 0. The van der Waals surface area contributed by atoms with Gasteiger partial charge in [0.15, 0.2) is 5.96 Å². The minimum absolute atomic E-state index is 0. The Hall–Kier alpha value is -2.04. The molecule has 0 bridgehead atoms. The monoisotopic (exact) mass is 547 g/mol. The Kier molecular flexibility index (Phi) is 13.9. The van der Waals surface area contributed by atoms with Gasteiger partial charge in [-0.25, -0.2) is 9.79 Å². The van der Waals surface area contributed by atoms with E-state index < -0.39 is 11.7 Å². The Balaban J connectivity index is 0.00000900. The molecular formula is C22H38IN5O3. The van der Waals surface area contributed by atoms with Crippen LogP contribution in [0.1, 0.15) is 53.5 Å². The van der Waals surface area contributed by atoms with Crippen molar-refractivity contribution in [3.05, 3.63) is 29.8 Å². The highest BCUT2D eigenvalue weighted by Gasteiger charge is 2.15. The Morgan fingerprint density at radius 2 is 1.65 bits per heavy atom. The fourth-order valence-electron chi connectivity index (χ4n) is 2.29. The van der Waals surface area contributed by atoms with E-state index in [0.29, 0.717) is 25.6 Å². The molecule has 1 rings (SSSR count). The molecule has 0 atom stereocenters. The number of rotatable bonds is 9. The van der Waals surface area contributed by atoms with Crippen LogP contribution < -0.4 is 21.3 Å². The molecule has 8 nitrogen and oxygen atoms in total. The Bertz CT molecular complexity index is 700. The molecule has 1 aromatic rings. The lowest BCUT2D eigenvalue weighted by Crippen LogP contribution is -2.39. The third-order valence-corrected chi connectivity index (χ3v) is 3.82. The SMILES string of the molecule is CCNC(=NCc1ccc(NC(=O)C(C)C)cc1)NCCCNC(=O)OC(C)(C)C.I. The molecule has 0 saturated heterocycles. The van der Waals surface area contributed by atoms with Crippen LogP contribution >= 0.6 is 24.0 Å². The fraction of sp³-hybridized carbons (Fsp3) is 0.591. The smallest absolute Gasteiger partial charge is 0.407 e. The number of benzene rings is 1. The molecule has 0 aliphatic rings. The minimum Gasteiger partial charge on any atom is -0.444 e. The number of guanidine groups is 1. The van der Waals surface area contributed by atoms with Crippen molar-refractivity contribution in [2.75, 3.05) is 25.0 Å². The summed E-state index contributed by atoms with van der Waals surface area (Å²) < 4.78 is 5.20. The van der Waals surface area contributed by atoms with Crippen molar-refractivity contribution in [2.24, 2.45) is 10.9 Å². The summed E-state index contributed by atoms with van der Waals surface area (Å²) in [6, 6.07) is 7.67. The number of amides is 2. The largest absolute Gasteiger partial charge is 0.444 e. The topological polar surface area (TPSA) is 104 Å². The van der Waals surface area contributed by atoms with E-state index in [-0.39, 0.29) is 35.8 Å². The van der Waals surface area contributed by atoms with Crippen LogP contribution in [0.5, 0.6) is 0 Å². The number of anilines is 1. The number of halogens is 1. The number of alkyl carbamates (subject to hydrolysis) is 1. The number of aliphatic imine (C=N–C) groups is 1. The van der Waals surface area contributed by atoms with E-state index in [1.807, 2.05) is 65.8 Å². The van der Waals surface area contributed by atoms with Gasteiger partial charge in [-0.2, -0.15) is 0 Å². The van der Waals surface area contributed by atoms with Gasteiger partial charge in [-0.15, -0.1) is 24.0 Å². The van der Waals surface area contributed by atoms with E-state index in [2.05, 4.69) is 26.3 Å². The molecule has 2 amide bonds. The fourth-order valence-corrected chi connectivity index (χ4v) is 2.29. The van der Waals surface area contributed by atoms with Gasteiger partial charge >= 0.3 is 6.09 Å². The molecule has 0 heterocycles. The standard InChI is InChI=1S/C22H37N5O3.HI/c1-7-23-20(24-13-8-14-25-21(29)30-22(4,5)6)26-15-17-9-11-18(12-10-17)27-19(28)16(2)3;/h9-12,16H,7-8,13-15H2,1-6H3,(H,25,29)(H,27,28)(H2,23,24,26);1H. The third-order valence-electron chi connectivity index (χ3n) is 3.82. The second-order valence-electron chi connectivity index (χ2n) is 8.25. The average Bonchev–Trinajstić information content (AvgIpc) is 2.65. The normalized spacial score (nSPS) is 11.4. The van der Waals surface area contributed by atoms with Gasteiger partial charge in [0.05, 0.1) is 6.54 Å². The minimum atomic E-state index is -0.495. The highest BCUT2D eigenvalue weighted by molar-refractivity contribution is 14.0. The molecule has 0 fully saturated rings. The molecular weight excluding hydrogens is 509 g/mol. The molecule has 4 N–H and O–H groups in total. The first-order valence-corrected chi connectivity index (χ1v) is 10.5. The van der Waals surface area contributed by atoms with E-state index in [0.717, 1.165) is 24.2 Å². The number of nitrogens with zero attached hydrogens (tertiary/aromatic N) is 1. The van der Waals surface area contributed by atoms with Gasteiger partial charge in [-0.05, 0) is 51.8 Å². The summed E-state index contributed by atoms with van der Waals surface area (Å²) in [6.07, 6.45) is 0.338. The maximum Gasteiger partial charge on any atom is 0.407 e. The van der Waals surface area contributed by atoms with E-state index in [1.165, 1.54) is 0 Å². The highest BCUT2D eigenvalue weighted by atomic mass is 127. The van der Waals surface area contributed by atoms with Gasteiger partial charge in [-0.1, -0.05) is 26.0 Å². The summed E-state index contributed by atoms with van der Waals surface area (Å²) in [4.78, 5) is 27.9. The molecule has 0 aliphatic heterocycles. The molecule has 0 unspecified atom stereocenters. The number of hydrogen-bond donors (Lipinski definition) is 4. The summed E-state index contributed by atoms with van der Waals surface area (Å²) in [5.41, 5.74) is 1.33. The van der Waals surface area contributed by atoms with Gasteiger partial charge in [0.2, 0.25) is 5.91 Å². The first-order valence-electron chi connectivity index (χ1n) is 10.5. The molecule has 9 heteroatoms. The van der Waals surface area contributed by atoms with Crippen LogP contribution in [0.3, 0.4) is 0 Å². The van der Waals surface area contributed by atoms with Crippen molar-refractivity contribution in [3.8, 4) is 0 Å². The van der Waals surface area contributed by atoms with Crippen molar-refractivity contribution in [1.29, 1.82) is 0 Å². The van der Waals surface area contributed by atoms with Crippen LogP contribution in [0.15, 0.2) is 29.3 Å². The second kappa shape index (κ2) is 14.9. The average molecular weight is 547 g/mol. The molecule has 176 valence electrons. The zero-order valence-corrected chi connectivity index (χ0v) is 21.8. The van der Waals surface area contributed by atoms with Crippen LogP contribution in [-0.2, 0) is 16.1 Å². The van der Waals surface area contributed by atoms with Gasteiger partial charge in [0.1, 0.15) is 5.60 Å². The number of nitrogens with one attached hydrogen (secondary N) is 4. The molecule has 0 aliphatic carbocycles. The van der Waals surface area contributed by atoms with Crippen LogP contribution in [0.4, 0.5) is 10.5 Å². The van der Waals surface area contributed by atoms with E-state index in [9.17, 15) is 9.59 Å². The maximum atomic E-state index is 11.7. The summed E-state index contributed by atoms with van der Waals surface area (Å²) in [5, 5.41) is 12.1. The van der Waals surface area contributed by atoms with Gasteiger partial charge in [-0.3, -0.25) is 4.79 Å². The summed E-state index contributed by atoms with van der Waals surface area (Å²) in [5.74, 6) is 0.662. The van der Waals surface area contributed by atoms with E-state index >= 15 is 0 Å². The lowest BCUT2D eigenvalue weighted by atomic mass is 10.2. The predicted octanol–water partition coefficient (Wildman–Crippen LogP) is 3.87. The van der Waals surface area contributed by atoms with Crippen LogP contribution in [0, 0.1) is 5.92 Å². The first-order chi connectivity index (χ1) is 14.1. The Morgan fingerprint density at radius 3 is 2.19 bits per heavy atom. The number of ether oxygens (including phenoxy) is 1. The zero-order valence-electron chi connectivity index (χ0n) is 19.5. The van der Waals surface area contributed by atoms with Crippen molar-refractivity contribution in [1.82, 2.24) is 16.0 Å². The number of carbonyl (C=O) groups excluding carboxylic acids is 2. The third kappa shape index (κ3) is 13.8. The second-order valence-corrected chi connectivity index (χ2v) is 8.25. The number of carbonyl (C=O) groups is 2. The van der Waals surface area contributed by atoms with Crippen molar-refractivity contribution in [2.45, 2.75) is 60.1 Å². The predicted molar refractivity (Wildman–Crippen MR) is 137 cm³/mol. The van der Waals surface area contributed by atoms with E-state index in [4.69, 9.17) is 4.74 Å². The zero-order chi connectivity index (χ0) is 22.6. The van der Waals surface area contributed by atoms with Crippen LogP contribution in [-0.4, -0.2) is 43.2 Å². The maximum absolute atomic E-state index is 11.7. The van der Waals surface area contributed by atoms with Gasteiger partial charge < -0.3 is 26.0 Å². The molecule has 0 spiro atoms. The summed E-state index contributed by atoms with van der Waals surface area (Å²) in [6.45, 7) is 13.7. The van der Waals surface area contributed by atoms with E-state index in [1.54, 1.807) is 0 Å². The van der Waals surface area contributed by atoms with Crippen molar-refractivity contribution < 1.29 is 14.3 Å². The highest BCUT2D eigenvalue weighted by Crippen LogP contribution is 2.11. The lowest BCUT2D eigenvalue weighted by Gasteiger charge is -2.19. The molecule has 31 heavy (non-hydrogen) atoms. The molecule has 0 radical (unpaired) electrons. The van der Waals surface area contributed by atoms with Crippen LogP contribution in [0.25, 0.3) is 0 Å². The van der Waals surface area contributed by atoms with Crippen LogP contribution in [0.2, 0.25) is 0 Å².